The lowest BCUT2D eigenvalue weighted by molar-refractivity contribution is 0.310. The monoisotopic (exact) mass is 485 g/mol. The Bertz CT molecular complexity index is 1450. The van der Waals surface area contributed by atoms with Crippen LogP contribution in [0.5, 0.6) is 5.75 Å². The van der Waals surface area contributed by atoms with Gasteiger partial charge in [0.25, 0.3) is 0 Å². The molecule has 6 rings (SSSR count). The zero-order chi connectivity index (χ0) is 24.9. The molecule has 1 aromatic carbocycles. The highest BCUT2D eigenvalue weighted by Gasteiger charge is 2.31. The SMILES string of the molecule is CNCc1nc2c(c(N3CCOc4ccc(-c5cnc6nc(C)[nH]c6c5)cc4C3)n1)CC(C)(C)CC2.[HH]. The Balaban J connectivity index is 0.00000280. The van der Waals surface area contributed by atoms with Crippen molar-refractivity contribution in [3.8, 4) is 16.9 Å². The van der Waals surface area contributed by atoms with Crippen LogP contribution in [0.2, 0.25) is 0 Å². The van der Waals surface area contributed by atoms with Gasteiger partial charge in [0, 0.05) is 36.6 Å². The van der Waals surface area contributed by atoms with Crippen LogP contribution in [-0.4, -0.2) is 45.1 Å². The molecule has 0 atom stereocenters. The number of aromatic amines is 1. The van der Waals surface area contributed by atoms with E-state index in [-0.39, 0.29) is 6.84 Å². The summed E-state index contributed by atoms with van der Waals surface area (Å²) in [5.74, 6) is 3.73. The number of nitrogens with one attached hydrogen (secondary N) is 2. The van der Waals surface area contributed by atoms with Crippen molar-refractivity contribution < 1.29 is 6.16 Å². The summed E-state index contributed by atoms with van der Waals surface area (Å²) in [5, 5.41) is 3.22. The van der Waals surface area contributed by atoms with E-state index < -0.39 is 0 Å². The number of aromatic nitrogens is 5. The highest BCUT2D eigenvalue weighted by Crippen LogP contribution is 2.39. The number of aryl methyl sites for hydroxylation is 2. The number of H-pyrrole nitrogens is 1. The molecule has 1 aliphatic heterocycles. The fraction of sp³-hybridized carbons (Fsp3) is 0.429. The van der Waals surface area contributed by atoms with Crippen LogP contribution in [0.4, 0.5) is 5.82 Å². The van der Waals surface area contributed by atoms with Crippen LogP contribution in [-0.2, 0) is 25.9 Å². The summed E-state index contributed by atoms with van der Waals surface area (Å²) in [5.41, 5.74) is 7.78. The van der Waals surface area contributed by atoms with Gasteiger partial charge in [-0.05, 0) is 62.4 Å². The first-order chi connectivity index (χ1) is 17.4. The van der Waals surface area contributed by atoms with E-state index in [1.807, 2.05) is 20.2 Å². The molecule has 1 aliphatic carbocycles. The largest absolute Gasteiger partial charge is 0.491 e. The standard InChI is InChI=1S/C28H33N7O.H2/c1-17-31-23-12-19(14-30-26(23)32-17)18-5-6-24-20(11-18)16-35(9-10-36-24)27-21-13-28(2,3)8-7-22(21)33-25(34-27)15-29-4;/h5-6,11-12,14,29H,7-10,13,15-16H2,1-4H3,(H,30,31,32);1H. The predicted molar refractivity (Wildman–Crippen MR) is 143 cm³/mol. The Morgan fingerprint density at radius 3 is 2.92 bits per heavy atom. The van der Waals surface area contributed by atoms with Gasteiger partial charge in [0.1, 0.15) is 29.8 Å². The summed E-state index contributed by atoms with van der Waals surface area (Å²) < 4.78 is 6.20. The highest BCUT2D eigenvalue weighted by atomic mass is 16.5. The molecule has 8 heteroatoms. The van der Waals surface area contributed by atoms with E-state index in [1.165, 1.54) is 11.3 Å². The average Bonchev–Trinajstić information content (AvgIpc) is 3.09. The van der Waals surface area contributed by atoms with Gasteiger partial charge in [0.2, 0.25) is 0 Å². The summed E-state index contributed by atoms with van der Waals surface area (Å²) in [4.78, 5) is 24.7. The summed E-state index contributed by atoms with van der Waals surface area (Å²) >= 11 is 0. The second kappa shape index (κ2) is 8.85. The molecule has 0 unspecified atom stereocenters. The van der Waals surface area contributed by atoms with Crippen molar-refractivity contribution >= 4 is 17.0 Å². The van der Waals surface area contributed by atoms with Crippen LogP contribution in [0.15, 0.2) is 30.5 Å². The Morgan fingerprint density at radius 1 is 1.17 bits per heavy atom. The summed E-state index contributed by atoms with van der Waals surface area (Å²) in [6.07, 6.45) is 5.05. The van der Waals surface area contributed by atoms with E-state index in [4.69, 9.17) is 14.7 Å². The van der Waals surface area contributed by atoms with Crippen LogP contribution in [0, 0.1) is 12.3 Å². The molecule has 4 heterocycles. The Hall–Kier alpha value is -3.52. The van der Waals surface area contributed by atoms with Gasteiger partial charge < -0.3 is 19.9 Å². The van der Waals surface area contributed by atoms with Gasteiger partial charge in [-0.1, -0.05) is 19.9 Å². The molecule has 0 fully saturated rings. The van der Waals surface area contributed by atoms with Gasteiger partial charge in [0.15, 0.2) is 5.65 Å². The maximum atomic E-state index is 6.20. The minimum Gasteiger partial charge on any atom is -0.491 e. The minimum atomic E-state index is 0. The van der Waals surface area contributed by atoms with E-state index in [9.17, 15) is 0 Å². The number of benzene rings is 1. The molecule has 0 amide bonds. The van der Waals surface area contributed by atoms with Crippen LogP contribution in [0.25, 0.3) is 22.3 Å². The molecular weight excluding hydrogens is 450 g/mol. The van der Waals surface area contributed by atoms with E-state index in [0.29, 0.717) is 13.2 Å². The Labute approximate surface area is 213 Å². The first-order valence-corrected chi connectivity index (χ1v) is 12.8. The molecule has 0 saturated heterocycles. The molecule has 36 heavy (non-hydrogen) atoms. The smallest absolute Gasteiger partial charge is 0.177 e. The molecule has 4 aromatic rings. The number of rotatable bonds is 4. The number of fused-ring (bicyclic) bond motifs is 3. The third-order valence-electron chi connectivity index (χ3n) is 7.28. The molecule has 3 aromatic heterocycles. The zero-order valence-electron chi connectivity index (χ0n) is 21.5. The first kappa shape index (κ1) is 22.9. The number of anilines is 1. The number of ether oxygens (including phenoxy) is 1. The van der Waals surface area contributed by atoms with Crippen molar-refractivity contribution in [3.63, 3.8) is 0 Å². The molecule has 0 spiro atoms. The van der Waals surface area contributed by atoms with Gasteiger partial charge in [-0.15, -0.1) is 0 Å². The molecule has 0 saturated carbocycles. The molecule has 0 radical (unpaired) electrons. The maximum absolute atomic E-state index is 6.20. The third-order valence-corrected chi connectivity index (χ3v) is 7.28. The van der Waals surface area contributed by atoms with Crippen LogP contribution < -0.4 is 15.0 Å². The van der Waals surface area contributed by atoms with Crippen molar-refractivity contribution in [1.82, 2.24) is 30.2 Å². The lowest BCUT2D eigenvalue weighted by Gasteiger charge is -2.34. The van der Waals surface area contributed by atoms with E-state index in [0.717, 1.165) is 83.4 Å². The van der Waals surface area contributed by atoms with Gasteiger partial charge >= 0.3 is 0 Å². The fourth-order valence-electron chi connectivity index (χ4n) is 5.41. The molecule has 8 nitrogen and oxygen atoms in total. The summed E-state index contributed by atoms with van der Waals surface area (Å²) in [6.45, 7) is 9.46. The highest BCUT2D eigenvalue weighted by molar-refractivity contribution is 5.78. The van der Waals surface area contributed by atoms with Crippen molar-refractivity contribution in [1.29, 1.82) is 0 Å². The number of imidazole rings is 1. The molecule has 2 N–H and O–H groups in total. The van der Waals surface area contributed by atoms with Crippen molar-refractivity contribution in [2.45, 2.75) is 53.1 Å². The molecule has 0 bridgehead atoms. The average molecular weight is 486 g/mol. The number of pyridine rings is 1. The predicted octanol–water partition coefficient (Wildman–Crippen LogP) is 4.60. The van der Waals surface area contributed by atoms with Gasteiger partial charge in [-0.2, -0.15) is 0 Å². The van der Waals surface area contributed by atoms with E-state index in [1.54, 1.807) is 0 Å². The molecule has 2 aliphatic rings. The van der Waals surface area contributed by atoms with Gasteiger partial charge in [0.05, 0.1) is 18.6 Å². The lowest BCUT2D eigenvalue weighted by Crippen LogP contribution is -2.32. The molecular formula is C28H35N7O. The zero-order valence-corrected chi connectivity index (χ0v) is 21.5. The fourth-order valence-corrected chi connectivity index (χ4v) is 5.41. The normalized spacial score (nSPS) is 16.8. The third kappa shape index (κ3) is 4.30. The van der Waals surface area contributed by atoms with E-state index in [2.05, 4.69) is 63.3 Å². The lowest BCUT2D eigenvalue weighted by atomic mass is 9.76. The van der Waals surface area contributed by atoms with Crippen molar-refractivity contribution in [2.75, 3.05) is 25.1 Å². The summed E-state index contributed by atoms with van der Waals surface area (Å²) in [6, 6.07) is 8.54. The molecule has 188 valence electrons. The topological polar surface area (TPSA) is 91.9 Å². The second-order valence-electron chi connectivity index (χ2n) is 10.8. The number of hydrogen-bond acceptors (Lipinski definition) is 7. The van der Waals surface area contributed by atoms with Gasteiger partial charge in [-0.25, -0.2) is 19.9 Å². The maximum Gasteiger partial charge on any atom is 0.177 e. The number of hydrogen-bond donors (Lipinski definition) is 2. The second-order valence-corrected chi connectivity index (χ2v) is 10.8. The van der Waals surface area contributed by atoms with E-state index >= 15 is 0 Å². The summed E-state index contributed by atoms with van der Waals surface area (Å²) in [7, 11) is 1.94. The Morgan fingerprint density at radius 2 is 2.06 bits per heavy atom. The quantitative estimate of drug-likeness (QED) is 0.436. The first-order valence-electron chi connectivity index (χ1n) is 12.8. The van der Waals surface area contributed by atoms with Crippen LogP contribution in [0.1, 0.15) is 50.2 Å². The van der Waals surface area contributed by atoms with Crippen molar-refractivity contribution in [2.24, 2.45) is 5.41 Å². The van der Waals surface area contributed by atoms with Crippen LogP contribution >= 0.6 is 0 Å². The minimum absolute atomic E-state index is 0. The van der Waals surface area contributed by atoms with Crippen molar-refractivity contribution in [3.05, 3.63) is 58.9 Å². The van der Waals surface area contributed by atoms with Crippen LogP contribution in [0.3, 0.4) is 0 Å². The number of nitrogens with zero attached hydrogens (tertiary/aromatic N) is 5. The van der Waals surface area contributed by atoms with Gasteiger partial charge in [-0.3, -0.25) is 0 Å². The Kier molecular flexibility index (Phi) is 5.63.